The molecular formula is C27H35N5OS. The van der Waals surface area contributed by atoms with Crippen LogP contribution in [-0.4, -0.2) is 41.0 Å². The number of hydrogen-bond acceptors (Lipinski definition) is 6. The maximum atomic E-state index is 12.6. The Morgan fingerprint density at radius 2 is 1.91 bits per heavy atom. The van der Waals surface area contributed by atoms with E-state index in [-0.39, 0.29) is 11.3 Å². The lowest BCUT2D eigenvalue weighted by Gasteiger charge is -2.23. The average Bonchev–Trinajstić information content (AvgIpc) is 2.83. The minimum absolute atomic E-state index is 0.0622. The first-order valence-corrected chi connectivity index (χ1v) is 12.8. The second-order valence-electron chi connectivity index (χ2n) is 9.38. The molecule has 6 nitrogen and oxygen atoms in total. The van der Waals surface area contributed by atoms with Crippen LogP contribution in [0.1, 0.15) is 61.4 Å². The van der Waals surface area contributed by atoms with Crippen LogP contribution >= 0.6 is 11.8 Å². The highest BCUT2D eigenvalue weighted by molar-refractivity contribution is 7.98. The minimum atomic E-state index is -0.0720. The van der Waals surface area contributed by atoms with Crippen LogP contribution in [0.25, 0.3) is 0 Å². The number of carbonyl (C=O) groups excluding carboxylic acids is 1. The fourth-order valence-electron chi connectivity index (χ4n) is 3.41. The van der Waals surface area contributed by atoms with Crippen molar-refractivity contribution in [3.8, 4) is 0 Å². The quantitative estimate of drug-likeness (QED) is 0.316. The fourth-order valence-corrected chi connectivity index (χ4v) is 4.21. The van der Waals surface area contributed by atoms with Crippen LogP contribution in [0.3, 0.4) is 0 Å². The molecule has 7 heteroatoms. The van der Waals surface area contributed by atoms with Gasteiger partial charge in [0.05, 0.1) is 5.69 Å². The van der Waals surface area contributed by atoms with E-state index in [1.54, 1.807) is 18.0 Å². The molecule has 0 spiro atoms. The third kappa shape index (κ3) is 7.55. The normalized spacial score (nSPS) is 11.3. The van der Waals surface area contributed by atoms with E-state index in [1.807, 2.05) is 42.5 Å². The van der Waals surface area contributed by atoms with Crippen LogP contribution in [-0.2, 0) is 17.6 Å². The molecule has 0 bridgehead atoms. The molecule has 180 valence electrons. The molecule has 0 radical (unpaired) electrons. The van der Waals surface area contributed by atoms with Gasteiger partial charge < -0.3 is 10.2 Å². The molecule has 2 heterocycles. The molecule has 1 amide bonds. The van der Waals surface area contributed by atoms with Gasteiger partial charge in [-0.25, -0.2) is 9.97 Å². The van der Waals surface area contributed by atoms with Crippen molar-refractivity contribution in [2.45, 2.75) is 56.9 Å². The van der Waals surface area contributed by atoms with E-state index in [1.165, 1.54) is 0 Å². The topological polar surface area (TPSA) is 71.0 Å². The molecule has 0 saturated heterocycles. The van der Waals surface area contributed by atoms with Crippen molar-refractivity contribution in [3.05, 3.63) is 77.2 Å². The number of anilines is 1. The summed E-state index contributed by atoms with van der Waals surface area (Å²) < 4.78 is 0. The van der Waals surface area contributed by atoms with Gasteiger partial charge in [0.2, 0.25) is 0 Å². The lowest BCUT2D eigenvalue weighted by atomic mass is 9.92. The van der Waals surface area contributed by atoms with Gasteiger partial charge in [-0.3, -0.25) is 9.78 Å². The number of carbonyl (C=O) groups is 1. The molecule has 34 heavy (non-hydrogen) atoms. The summed E-state index contributed by atoms with van der Waals surface area (Å²) in [6.07, 6.45) is 3.53. The maximum Gasteiger partial charge on any atom is 0.251 e. The Labute approximate surface area is 207 Å². The second kappa shape index (κ2) is 12.0. The molecule has 0 atom stereocenters. The zero-order valence-electron chi connectivity index (χ0n) is 20.8. The molecule has 3 rings (SSSR count). The monoisotopic (exact) mass is 477 g/mol. The van der Waals surface area contributed by atoms with E-state index >= 15 is 0 Å². The Morgan fingerprint density at radius 3 is 2.62 bits per heavy atom. The van der Waals surface area contributed by atoms with Crippen molar-refractivity contribution in [3.63, 3.8) is 0 Å². The SMILES string of the molecule is CCCN(C)c1cc(C(C)(C)C)nc(SCc2cccc(C(=O)NCCc3ccccn3)c2)n1. The number of rotatable bonds is 10. The summed E-state index contributed by atoms with van der Waals surface area (Å²) in [5, 5.41) is 3.75. The standard InChI is InChI=1S/C27H35N5OS/c1-6-16-32(5)24-18-23(27(2,3)4)30-26(31-24)34-19-20-10-9-11-21(17-20)25(33)29-15-13-22-12-7-8-14-28-22/h7-12,14,17-18H,6,13,15-16,19H2,1-5H3,(H,29,33). The largest absolute Gasteiger partial charge is 0.360 e. The highest BCUT2D eigenvalue weighted by atomic mass is 32.2. The first-order valence-electron chi connectivity index (χ1n) is 11.8. The third-order valence-electron chi connectivity index (χ3n) is 5.36. The molecule has 0 unspecified atom stereocenters. The Kier molecular flexibility index (Phi) is 9.05. The highest BCUT2D eigenvalue weighted by Gasteiger charge is 2.19. The number of nitrogens with zero attached hydrogens (tertiary/aromatic N) is 4. The molecule has 0 aliphatic carbocycles. The second-order valence-corrected chi connectivity index (χ2v) is 10.3. The molecule has 0 aliphatic heterocycles. The van der Waals surface area contributed by atoms with Gasteiger partial charge in [0.15, 0.2) is 5.16 Å². The van der Waals surface area contributed by atoms with Gasteiger partial charge in [-0.1, -0.05) is 57.7 Å². The predicted molar refractivity (Wildman–Crippen MR) is 141 cm³/mol. The van der Waals surface area contributed by atoms with Crippen molar-refractivity contribution in [2.75, 3.05) is 25.0 Å². The molecule has 0 aliphatic rings. The smallest absolute Gasteiger partial charge is 0.251 e. The molecular weight excluding hydrogens is 442 g/mol. The average molecular weight is 478 g/mol. The molecule has 1 aromatic carbocycles. The lowest BCUT2D eigenvalue weighted by molar-refractivity contribution is 0.0954. The van der Waals surface area contributed by atoms with Crippen LogP contribution in [0.15, 0.2) is 59.9 Å². The van der Waals surface area contributed by atoms with Crippen LogP contribution < -0.4 is 10.2 Å². The summed E-state index contributed by atoms with van der Waals surface area (Å²) in [5.41, 5.74) is 3.66. The van der Waals surface area contributed by atoms with Crippen LogP contribution in [0.4, 0.5) is 5.82 Å². The van der Waals surface area contributed by atoms with Crippen molar-refractivity contribution in [1.82, 2.24) is 20.3 Å². The van der Waals surface area contributed by atoms with Gasteiger partial charge in [0.25, 0.3) is 5.91 Å². The number of nitrogens with one attached hydrogen (secondary N) is 1. The van der Waals surface area contributed by atoms with Crippen molar-refractivity contribution < 1.29 is 4.79 Å². The number of benzene rings is 1. The van der Waals surface area contributed by atoms with E-state index in [0.717, 1.165) is 40.9 Å². The summed E-state index contributed by atoms with van der Waals surface area (Å²) in [6.45, 7) is 10.2. The molecule has 2 aromatic heterocycles. The van der Waals surface area contributed by atoms with Crippen molar-refractivity contribution in [2.24, 2.45) is 0 Å². The minimum Gasteiger partial charge on any atom is -0.360 e. The summed E-state index contributed by atoms with van der Waals surface area (Å²) in [4.78, 5) is 28.7. The third-order valence-corrected chi connectivity index (χ3v) is 6.28. The summed E-state index contributed by atoms with van der Waals surface area (Å²) >= 11 is 1.60. The summed E-state index contributed by atoms with van der Waals surface area (Å²) in [6, 6.07) is 15.7. The van der Waals surface area contributed by atoms with Crippen LogP contribution in [0, 0.1) is 0 Å². The van der Waals surface area contributed by atoms with Gasteiger partial charge >= 0.3 is 0 Å². The Bertz CT molecular complexity index is 1080. The molecule has 0 fully saturated rings. The Morgan fingerprint density at radius 1 is 1.09 bits per heavy atom. The van der Waals surface area contributed by atoms with E-state index in [0.29, 0.717) is 24.3 Å². The summed E-state index contributed by atoms with van der Waals surface area (Å²) in [7, 11) is 2.07. The van der Waals surface area contributed by atoms with Gasteiger partial charge in [-0.2, -0.15) is 0 Å². The predicted octanol–water partition coefficient (Wildman–Crippen LogP) is 5.28. The van der Waals surface area contributed by atoms with Gasteiger partial charge in [0.1, 0.15) is 5.82 Å². The van der Waals surface area contributed by atoms with Crippen molar-refractivity contribution in [1.29, 1.82) is 0 Å². The fraction of sp³-hybridized carbons (Fsp3) is 0.407. The van der Waals surface area contributed by atoms with Gasteiger partial charge in [-0.15, -0.1) is 0 Å². The first kappa shape index (κ1) is 25.7. The number of amides is 1. The maximum absolute atomic E-state index is 12.6. The first-order chi connectivity index (χ1) is 16.3. The van der Waals surface area contributed by atoms with E-state index < -0.39 is 0 Å². The molecule has 1 N–H and O–H groups in total. The molecule has 3 aromatic rings. The van der Waals surface area contributed by atoms with E-state index in [2.05, 4.69) is 56.0 Å². The Balaban J connectivity index is 1.65. The zero-order valence-corrected chi connectivity index (χ0v) is 21.7. The number of pyridine rings is 1. The van der Waals surface area contributed by atoms with Gasteiger partial charge in [0, 0.05) is 61.2 Å². The lowest BCUT2D eigenvalue weighted by Crippen LogP contribution is -2.25. The number of aromatic nitrogens is 3. The van der Waals surface area contributed by atoms with Crippen molar-refractivity contribution >= 4 is 23.5 Å². The Hall–Kier alpha value is -2.93. The highest BCUT2D eigenvalue weighted by Crippen LogP contribution is 2.28. The van der Waals surface area contributed by atoms with Crippen LogP contribution in [0.5, 0.6) is 0 Å². The number of hydrogen-bond donors (Lipinski definition) is 1. The van der Waals surface area contributed by atoms with E-state index in [4.69, 9.17) is 9.97 Å². The number of thioether (sulfide) groups is 1. The zero-order chi connectivity index (χ0) is 24.6. The summed E-state index contributed by atoms with van der Waals surface area (Å²) in [5.74, 6) is 1.57. The van der Waals surface area contributed by atoms with Gasteiger partial charge in [-0.05, 0) is 36.2 Å². The van der Waals surface area contributed by atoms with Crippen LogP contribution in [0.2, 0.25) is 0 Å². The van der Waals surface area contributed by atoms with E-state index in [9.17, 15) is 4.79 Å². The molecule has 0 saturated carbocycles.